The summed E-state index contributed by atoms with van der Waals surface area (Å²) in [7, 11) is 0. The van der Waals surface area contributed by atoms with Crippen molar-refractivity contribution in [3.8, 4) is 5.75 Å². The number of benzene rings is 2. The fourth-order valence-corrected chi connectivity index (χ4v) is 4.93. The van der Waals surface area contributed by atoms with Gasteiger partial charge < -0.3 is 20.1 Å². The number of aromatic nitrogens is 2. The molecule has 0 spiro atoms. The molecule has 2 aromatic carbocycles. The molecule has 7 nitrogen and oxygen atoms in total. The summed E-state index contributed by atoms with van der Waals surface area (Å²) >= 11 is 7.75. The summed E-state index contributed by atoms with van der Waals surface area (Å²) in [5, 5.41) is 17.6. The number of nitrogens with one attached hydrogen (secondary N) is 2. The lowest BCUT2D eigenvalue weighted by atomic mass is 9.92. The summed E-state index contributed by atoms with van der Waals surface area (Å²) < 4.78 is 5.81. The zero-order valence-corrected chi connectivity index (χ0v) is 18.6. The fraction of sp³-hybridized carbons (Fsp3) is 0.217. The monoisotopic (exact) mass is 468 g/mol. The van der Waals surface area contributed by atoms with Crippen LogP contribution in [0.2, 0.25) is 5.02 Å². The lowest BCUT2D eigenvalue weighted by Gasteiger charge is -2.34. The first-order chi connectivity index (χ1) is 15.6. The van der Waals surface area contributed by atoms with Gasteiger partial charge in [0.05, 0.1) is 6.54 Å². The third kappa shape index (κ3) is 3.99. The average molecular weight is 469 g/mol. The second-order valence-electron chi connectivity index (χ2n) is 7.52. The Bertz CT molecular complexity index is 1240. The largest absolute Gasteiger partial charge is 0.492 e. The molecule has 1 aliphatic rings. The van der Waals surface area contributed by atoms with Crippen molar-refractivity contribution in [1.82, 2.24) is 14.9 Å². The normalized spacial score (nSPS) is 15.5. The van der Waals surface area contributed by atoms with Crippen molar-refractivity contribution in [3.63, 3.8) is 0 Å². The minimum atomic E-state index is -0.939. The Morgan fingerprint density at radius 1 is 1.31 bits per heavy atom. The number of carbonyl (C=O) groups is 1. The fourth-order valence-electron chi connectivity index (χ4n) is 4.20. The van der Waals surface area contributed by atoms with E-state index in [1.807, 2.05) is 47.8 Å². The highest BCUT2D eigenvalue weighted by atomic mass is 35.5. The van der Waals surface area contributed by atoms with Crippen LogP contribution in [-0.2, 0) is 6.42 Å². The SMILES string of the molecule is O=C(O)N1CCc2c([nH]c3ccc(Cl)cc23)C1c1ccc(OCCNc2nccs2)cc1. The number of halogens is 1. The molecule has 164 valence electrons. The standard InChI is InChI=1S/C23H21ClN4O3S/c24-15-3-6-19-18(13-15)17-7-10-28(23(29)30)21(20(17)27-19)14-1-4-16(5-2-14)31-11-8-25-22-26-9-12-32-22/h1-6,9,12-13,21,27H,7-8,10-11H2,(H,25,26)(H,29,30). The maximum absolute atomic E-state index is 12.0. The summed E-state index contributed by atoms with van der Waals surface area (Å²) in [5.41, 5.74) is 3.87. The van der Waals surface area contributed by atoms with E-state index in [2.05, 4.69) is 15.3 Å². The number of H-pyrrole nitrogens is 1. The van der Waals surface area contributed by atoms with E-state index in [9.17, 15) is 9.90 Å². The Morgan fingerprint density at radius 3 is 2.91 bits per heavy atom. The third-order valence-corrected chi connectivity index (χ3v) is 6.58. The lowest BCUT2D eigenvalue weighted by molar-refractivity contribution is 0.128. The van der Waals surface area contributed by atoms with E-state index in [1.54, 1.807) is 17.5 Å². The highest BCUT2D eigenvalue weighted by Crippen LogP contribution is 2.39. The Hall–Kier alpha value is -3.23. The number of carboxylic acid groups (broad SMARTS) is 1. The molecule has 1 amide bonds. The van der Waals surface area contributed by atoms with Gasteiger partial charge in [0.2, 0.25) is 0 Å². The summed E-state index contributed by atoms with van der Waals surface area (Å²) in [6, 6.07) is 12.9. The van der Waals surface area contributed by atoms with Gasteiger partial charge in [-0.2, -0.15) is 0 Å². The van der Waals surface area contributed by atoms with Crippen LogP contribution in [0.15, 0.2) is 54.0 Å². The van der Waals surface area contributed by atoms with Crippen molar-refractivity contribution >= 4 is 45.1 Å². The van der Waals surface area contributed by atoms with E-state index in [1.165, 1.54) is 4.90 Å². The molecule has 2 aromatic heterocycles. The number of nitrogens with zero attached hydrogens (tertiary/aromatic N) is 2. The molecule has 1 aliphatic heterocycles. The number of anilines is 1. The number of thiazole rings is 1. The van der Waals surface area contributed by atoms with Crippen molar-refractivity contribution in [2.45, 2.75) is 12.5 Å². The Morgan fingerprint density at radius 2 is 2.16 bits per heavy atom. The van der Waals surface area contributed by atoms with Crippen molar-refractivity contribution < 1.29 is 14.6 Å². The van der Waals surface area contributed by atoms with Crippen molar-refractivity contribution in [3.05, 3.63) is 75.9 Å². The molecule has 32 heavy (non-hydrogen) atoms. The van der Waals surface area contributed by atoms with Crippen molar-refractivity contribution in [2.75, 3.05) is 25.0 Å². The molecule has 0 bridgehead atoms. The van der Waals surface area contributed by atoms with Crippen LogP contribution in [0, 0.1) is 0 Å². The number of hydrogen-bond acceptors (Lipinski definition) is 5. The van der Waals surface area contributed by atoms with Gasteiger partial charge in [-0.05, 0) is 47.9 Å². The van der Waals surface area contributed by atoms with Crippen LogP contribution in [0.1, 0.15) is 22.9 Å². The van der Waals surface area contributed by atoms with E-state index in [0.29, 0.717) is 31.1 Å². The van der Waals surface area contributed by atoms with Gasteiger partial charge in [-0.25, -0.2) is 9.78 Å². The minimum absolute atomic E-state index is 0.414. The summed E-state index contributed by atoms with van der Waals surface area (Å²) in [6.45, 7) is 1.56. The third-order valence-electron chi connectivity index (χ3n) is 5.61. The van der Waals surface area contributed by atoms with Crippen LogP contribution in [0.5, 0.6) is 5.75 Å². The van der Waals surface area contributed by atoms with Gasteiger partial charge >= 0.3 is 6.09 Å². The quantitative estimate of drug-likeness (QED) is 0.330. The molecule has 5 rings (SSSR count). The first kappa shape index (κ1) is 20.7. The Kier molecular flexibility index (Phi) is 5.63. The van der Waals surface area contributed by atoms with E-state index >= 15 is 0 Å². The second kappa shape index (κ2) is 8.72. The van der Waals surface area contributed by atoms with Crippen LogP contribution < -0.4 is 10.1 Å². The number of amides is 1. The molecular weight excluding hydrogens is 448 g/mol. The Balaban J connectivity index is 1.37. The molecule has 4 aromatic rings. The molecule has 0 saturated carbocycles. The molecule has 9 heteroatoms. The highest BCUT2D eigenvalue weighted by Gasteiger charge is 2.34. The average Bonchev–Trinajstić information content (AvgIpc) is 3.44. The summed E-state index contributed by atoms with van der Waals surface area (Å²) in [5.74, 6) is 0.732. The maximum Gasteiger partial charge on any atom is 0.408 e. The molecule has 1 unspecified atom stereocenters. The predicted octanol–water partition coefficient (Wildman–Crippen LogP) is 5.39. The van der Waals surface area contributed by atoms with Crippen LogP contribution >= 0.6 is 22.9 Å². The molecule has 1 atom stereocenters. The number of aromatic amines is 1. The van der Waals surface area contributed by atoms with Crippen molar-refractivity contribution in [2.24, 2.45) is 0 Å². The van der Waals surface area contributed by atoms with E-state index < -0.39 is 12.1 Å². The first-order valence-electron chi connectivity index (χ1n) is 10.3. The maximum atomic E-state index is 12.0. The minimum Gasteiger partial charge on any atom is -0.492 e. The first-order valence-corrected chi connectivity index (χ1v) is 11.5. The van der Waals surface area contributed by atoms with E-state index in [4.69, 9.17) is 16.3 Å². The number of rotatable bonds is 6. The molecule has 3 heterocycles. The topological polar surface area (TPSA) is 90.5 Å². The molecule has 0 aliphatic carbocycles. The smallest absolute Gasteiger partial charge is 0.408 e. The van der Waals surface area contributed by atoms with Gasteiger partial charge in [-0.1, -0.05) is 23.7 Å². The number of hydrogen-bond donors (Lipinski definition) is 3. The van der Waals surface area contributed by atoms with Crippen LogP contribution in [0.4, 0.5) is 9.93 Å². The predicted molar refractivity (Wildman–Crippen MR) is 126 cm³/mol. The van der Waals surface area contributed by atoms with E-state index in [0.717, 1.165) is 38.6 Å². The van der Waals surface area contributed by atoms with Gasteiger partial charge in [-0.3, -0.25) is 4.90 Å². The molecule has 0 fully saturated rings. The van der Waals surface area contributed by atoms with E-state index in [-0.39, 0.29) is 0 Å². The zero-order chi connectivity index (χ0) is 22.1. The molecule has 0 radical (unpaired) electrons. The molecular formula is C23H21ClN4O3S. The zero-order valence-electron chi connectivity index (χ0n) is 17.0. The summed E-state index contributed by atoms with van der Waals surface area (Å²) in [6.07, 6.45) is 1.46. The van der Waals surface area contributed by atoms with Gasteiger partial charge in [-0.15, -0.1) is 11.3 Å². The Labute approximate surface area is 193 Å². The van der Waals surface area contributed by atoms with Gasteiger partial charge in [0.15, 0.2) is 5.13 Å². The molecule has 3 N–H and O–H groups in total. The number of ether oxygens (including phenoxy) is 1. The lowest BCUT2D eigenvalue weighted by Crippen LogP contribution is -2.39. The summed E-state index contributed by atoms with van der Waals surface area (Å²) in [4.78, 5) is 21.1. The van der Waals surface area contributed by atoms with Crippen LogP contribution in [-0.4, -0.2) is 45.8 Å². The number of fused-ring (bicyclic) bond motifs is 3. The molecule has 0 saturated heterocycles. The van der Waals surface area contributed by atoms with Crippen LogP contribution in [0.3, 0.4) is 0 Å². The highest BCUT2D eigenvalue weighted by molar-refractivity contribution is 7.13. The second-order valence-corrected chi connectivity index (χ2v) is 8.85. The van der Waals surface area contributed by atoms with Gasteiger partial charge in [0.1, 0.15) is 18.4 Å². The van der Waals surface area contributed by atoms with Gasteiger partial charge in [0.25, 0.3) is 0 Å². The van der Waals surface area contributed by atoms with Gasteiger partial charge in [0, 0.05) is 39.7 Å². The van der Waals surface area contributed by atoms with Crippen LogP contribution in [0.25, 0.3) is 10.9 Å². The van der Waals surface area contributed by atoms with Crippen molar-refractivity contribution in [1.29, 1.82) is 0 Å².